The fourth-order valence-corrected chi connectivity index (χ4v) is 5.64. The van der Waals surface area contributed by atoms with Crippen LogP contribution in [0, 0.1) is 5.92 Å². The lowest BCUT2D eigenvalue weighted by Gasteiger charge is -2.39. The van der Waals surface area contributed by atoms with Gasteiger partial charge in [-0.3, -0.25) is 10.9 Å². The van der Waals surface area contributed by atoms with E-state index in [0.717, 1.165) is 18.5 Å². The van der Waals surface area contributed by atoms with Crippen LogP contribution in [0.2, 0.25) is 0 Å². The van der Waals surface area contributed by atoms with Gasteiger partial charge >= 0.3 is 0 Å². The third-order valence-electron chi connectivity index (χ3n) is 7.15. The van der Waals surface area contributed by atoms with Crippen molar-refractivity contribution in [3.8, 4) is 0 Å². The van der Waals surface area contributed by atoms with Crippen LogP contribution in [0.5, 0.6) is 0 Å². The molecule has 2 atom stereocenters. The number of hydrogen-bond acceptors (Lipinski definition) is 3. The summed E-state index contributed by atoms with van der Waals surface area (Å²) in [7, 11) is 0. The molecular weight excluding hydrogens is 318 g/mol. The molecule has 0 radical (unpaired) electrons. The number of hydrogen-bond donors (Lipinski definition) is 2. The number of fused-ring (bicyclic) bond motifs is 1. The molecule has 3 heteroatoms. The second kappa shape index (κ2) is 7.30. The molecule has 0 bridgehead atoms. The number of hydrazine groups is 1. The summed E-state index contributed by atoms with van der Waals surface area (Å²) in [6, 6.07) is 17.2. The highest BCUT2D eigenvalue weighted by Gasteiger charge is 2.37. The number of nitrogens with one attached hydrogen (secondary N) is 2. The predicted octanol–water partition coefficient (Wildman–Crippen LogP) is 4.05. The molecule has 3 nitrogen and oxygen atoms in total. The summed E-state index contributed by atoms with van der Waals surface area (Å²) in [5.74, 6) is 1.38. The van der Waals surface area contributed by atoms with E-state index in [9.17, 15) is 0 Å². The Labute approximate surface area is 157 Å². The summed E-state index contributed by atoms with van der Waals surface area (Å²) in [6.45, 7) is 3.65. The molecule has 0 aromatic heterocycles. The Balaban J connectivity index is 1.29. The van der Waals surface area contributed by atoms with Crippen molar-refractivity contribution in [2.75, 3.05) is 19.6 Å². The van der Waals surface area contributed by atoms with E-state index in [0.29, 0.717) is 12.0 Å². The van der Waals surface area contributed by atoms with Gasteiger partial charge in [-0.25, -0.2) is 0 Å². The van der Waals surface area contributed by atoms with E-state index >= 15 is 0 Å². The first-order valence-electron chi connectivity index (χ1n) is 10.6. The molecule has 3 fully saturated rings. The van der Waals surface area contributed by atoms with Gasteiger partial charge in [0.2, 0.25) is 0 Å². The summed E-state index contributed by atoms with van der Waals surface area (Å²) < 4.78 is 0. The molecule has 2 N–H and O–H groups in total. The maximum atomic E-state index is 3.64. The summed E-state index contributed by atoms with van der Waals surface area (Å²) in [6.07, 6.45) is 8.46. The van der Waals surface area contributed by atoms with Crippen molar-refractivity contribution in [3.05, 3.63) is 48.0 Å². The predicted molar refractivity (Wildman–Crippen MR) is 108 cm³/mol. The van der Waals surface area contributed by atoms with Gasteiger partial charge in [0.05, 0.1) is 0 Å². The zero-order valence-corrected chi connectivity index (χ0v) is 15.7. The smallest absolute Gasteiger partial charge is 0.0323 e. The van der Waals surface area contributed by atoms with Gasteiger partial charge in [0, 0.05) is 24.5 Å². The first kappa shape index (κ1) is 16.7. The van der Waals surface area contributed by atoms with Crippen molar-refractivity contribution in [3.63, 3.8) is 0 Å². The fourth-order valence-electron chi connectivity index (χ4n) is 5.64. The van der Waals surface area contributed by atoms with E-state index in [1.54, 1.807) is 0 Å². The Hall–Kier alpha value is -1.42. The highest BCUT2D eigenvalue weighted by molar-refractivity contribution is 5.83. The van der Waals surface area contributed by atoms with Gasteiger partial charge in [-0.05, 0) is 61.0 Å². The average molecular weight is 350 g/mol. The van der Waals surface area contributed by atoms with Crippen LogP contribution in [-0.4, -0.2) is 36.6 Å². The van der Waals surface area contributed by atoms with Crippen LogP contribution in [0.4, 0.5) is 0 Å². The van der Waals surface area contributed by atoms with E-state index in [2.05, 4.69) is 58.2 Å². The van der Waals surface area contributed by atoms with Gasteiger partial charge < -0.3 is 4.90 Å². The minimum atomic E-state index is 0.571. The third kappa shape index (κ3) is 3.17. The monoisotopic (exact) mass is 349 g/mol. The highest BCUT2D eigenvalue weighted by Crippen LogP contribution is 2.35. The Bertz CT molecular complexity index is 744. The number of nitrogens with zero attached hydrogens (tertiary/aromatic N) is 1. The molecule has 1 aliphatic carbocycles. The number of piperidine rings is 1. The van der Waals surface area contributed by atoms with E-state index in [4.69, 9.17) is 0 Å². The van der Waals surface area contributed by atoms with Crippen molar-refractivity contribution in [1.29, 1.82) is 0 Å². The minimum absolute atomic E-state index is 0.571. The first-order chi connectivity index (χ1) is 12.9. The second-order valence-corrected chi connectivity index (χ2v) is 8.58. The van der Waals surface area contributed by atoms with E-state index < -0.39 is 0 Å². The topological polar surface area (TPSA) is 27.3 Å². The van der Waals surface area contributed by atoms with Crippen LogP contribution in [-0.2, 0) is 0 Å². The number of likely N-dealkylation sites (tertiary alicyclic amines) is 1. The van der Waals surface area contributed by atoms with Gasteiger partial charge in [0.1, 0.15) is 0 Å². The highest BCUT2D eigenvalue weighted by atomic mass is 15.4. The molecule has 1 saturated carbocycles. The van der Waals surface area contributed by atoms with Crippen LogP contribution in [0.3, 0.4) is 0 Å². The van der Waals surface area contributed by atoms with Crippen LogP contribution < -0.4 is 10.9 Å². The van der Waals surface area contributed by atoms with Crippen LogP contribution >= 0.6 is 0 Å². The van der Waals surface area contributed by atoms with Crippen LogP contribution in [0.25, 0.3) is 10.8 Å². The molecule has 2 unspecified atom stereocenters. The third-order valence-corrected chi connectivity index (χ3v) is 7.15. The molecule has 2 saturated heterocycles. The van der Waals surface area contributed by atoms with Crippen molar-refractivity contribution < 1.29 is 0 Å². The van der Waals surface area contributed by atoms with E-state index in [-0.39, 0.29) is 0 Å². The first-order valence-corrected chi connectivity index (χ1v) is 10.6. The largest absolute Gasteiger partial charge is 0.300 e. The Morgan fingerprint density at radius 3 is 2.42 bits per heavy atom. The lowest BCUT2D eigenvalue weighted by Crippen LogP contribution is -2.46. The maximum absolute atomic E-state index is 3.64. The van der Waals surface area contributed by atoms with E-state index in [1.807, 2.05) is 0 Å². The van der Waals surface area contributed by atoms with Crippen molar-refractivity contribution in [2.45, 2.75) is 56.5 Å². The molecule has 2 aromatic rings. The van der Waals surface area contributed by atoms with Crippen LogP contribution in [0.15, 0.2) is 42.5 Å². The van der Waals surface area contributed by atoms with E-state index in [1.165, 1.54) is 68.0 Å². The molecule has 2 aliphatic heterocycles. The average Bonchev–Trinajstić information content (AvgIpc) is 3.40. The molecule has 2 aromatic carbocycles. The zero-order chi connectivity index (χ0) is 17.3. The number of benzene rings is 2. The molecule has 3 aliphatic rings. The SMILES string of the molecule is c1ccc2cc(C3CNNC3C3CCN(C4CCCC4)CC3)ccc2c1. The molecule has 138 valence electrons. The van der Waals surface area contributed by atoms with Gasteiger partial charge in [-0.1, -0.05) is 55.3 Å². The standard InChI is InChI=1S/C23H31N3/c1-2-6-19-15-20(10-9-17(19)5-1)22-16-24-25-23(22)18-11-13-26(14-12-18)21-7-3-4-8-21/h1-2,5-6,9-10,15,18,21-25H,3-4,7-8,11-14,16H2. The lowest BCUT2D eigenvalue weighted by molar-refractivity contribution is 0.117. The van der Waals surface area contributed by atoms with Crippen molar-refractivity contribution in [1.82, 2.24) is 15.8 Å². The van der Waals surface area contributed by atoms with Crippen molar-refractivity contribution >= 4 is 10.8 Å². The molecule has 0 spiro atoms. The molecule has 26 heavy (non-hydrogen) atoms. The summed E-state index contributed by atoms with van der Waals surface area (Å²) >= 11 is 0. The fraction of sp³-hybridized carbons (Fsp3) is 0.565. The zero-order valence-electron chi connectivity index (χ0n) is 15.7. The Morgan fingerprint density at radius 1 is 0.846 bits per heavy atom. The van der Waals surface area contributed by atoms with Gasteiger partial charge in [0.15, 0.2) is 0 Å². The van der Waals surface area contributed by atoms with Gasteiger partial charge in [0.25, 0.3) is 0 Å². The summed E-state index contributed by atoms with van der Waals surface area (Å²) in [5, 5.41) is 2.71. The summed E-state index contributed by atoms with van der Waals surface area (Å²) in [5.41, 5.74) is 8.60. The summed E-state index contributed by atoms with van der Waals surface area (Å²) in [4.78, 5) is 2.79. The number of rotatable bonds is 3. The van der Waals surface area contributed by atoms with Gasteiger partial charge in [-0.15, -0.1) is 0 Å². The minimum Gasteiger partial charge on any atom is -0.300 e. The molecule has 5 rings (SSSR count). The van der Waals surface area contributed by atoms with Gasteiger partial charge in [-0.2, -0.15) is 0 Å². The second-order valence-electron chi connectivity index (χ2n) is 8.58. The van der Waals surface area contributed by atoms with Crippen LogP contribution in [0.1, 0.15) is 50.0 Å². The Morgan fingerprint density at radius 2 is 1.62 bits per heavy atom. The molecule has 2 heterocycles. The Kier molecular flexibility index (Phi) is 4.70. The normalized spacial score (nSPS) is 28.9. The quantitative estimate of drug-likeness (QED) is 0.875. The maximum Gasteiger partial charge on any atom is 0.0323 e. The molecule has 0 amide bonds. The molecular formula is C23H31N3. The van der Waals surface area contributed by atoms with Crippen molar-refractivity contribution in [2.24, 2.45) is 5.92 Å². The lowest BCUT2D eigenvalue weighted by atomic mass is 9.79.